The van der Waals surface area contributed by atoms with Gasteiger partial charge in [0.1, 0.15) is 5.82 Å². The maximum atomic E-state index is 14.0. The summed E-state index contributed by atoms with van der Waals surface area (Å²) in [7, 11) is -2.27. The molecule has 0 saturated carbocycles. The van der Waals surface area contributed by atoms with Crippen LogP contribution < -0.4 is 0 Å². The van der Waals surface area contributed by atoms with Crippen molar-refractivity contribution in [2.45, 2.75) is 20.0 Å². The minimum atomic E-state index is -3.71. The Labute approximate surface area is 163 Å². The molecule has 1 fully saturated rings. The molecule has 2 heterocycles. The second kappa shape index (κ2) is 8.24. The zero-order chi connectivity index (χ0) is 19.6. The van der Waals surface area contributed by atoms with E-state index in [0.717, 1.165) is 15.8 Å². The molecular formula is C17H22ClFN4O3S. The van der Waals surface area contributed by atoms with Crippen LogP contribution in [0.2, 0.25) is 5.02 Å². The van der Waals surface area contributed by atoms with Gasteiger partial charge in [-0.05, 0) is 19.1 Å². The number of benzene rings is 1. The molecule has 0 radical (unpaired) electrons. The molecule has 1 aliphatic heterocycles. The summed E-state index contributed by atoms with van der Waals surface area (Å²) >= 11 is 6.01. The van der Waals surface area contributed by atoms with Gasteiger partial charge in [0.2, 0.25) is 0 Å². The predicted octanol–water partition coefficient (Wildman–Crippen LogP) is 2.27. The van der Waals surface area contributed by atoms with Gasteiger partial charge in [-0.3, -0.25) is 4.90 Å². The fraction of sp³-hybridized carbons (Fsp3) is 0.471. The van der Waals surface area contributed by atoms with Crippen LogP contribution in [0.5, 0.6) is 0 Å². The van der Waals surface area contributed by atoms with Crippen molar-refractivity contribution in [1.82, 2.24) is 18.7 Å². The van der Waals surface area contributed by atoms with Crippen LogP contribution in [-0.4, -0.2) is 60.3 Å². The lowest BCUT2D eigenvalue weighted by atomic mass is 10.2. The minimum absolute atomic E-state index is 0.120. The standard InChI is InChI=1S/C17H22ClFN4O3S/c1-13-10-14(26-20-13)11-22-6-8-23(9-7-22)27(24,25)21(2)12-15-16(18)4-3-5-17(15)19/h3-5,10H,6-9,11-12H2,1-2H3. The summed E-state index contributed by atoms with van der Waals surface area (Å²) in [4.78, 5) is 2.11. The molecule has 27 heavy (non-hydrogen) atoms. The Bertz CT molecular complexity index is 877. The van der Waals surface area contributed by atoms with E-state index in [1.54, 1.807) is 6.07 Å². The van der Waals surface area contributed by atoms with E-state index in [0.29, 0.717) is 32.7 Å². The largest absolute Gasteiger partial charge is 0.360 e. The van der Waals surface area contributed by atoms with E-state index in [2.05, 4.69) is 10.1 Å². The van der Waals surface area contributed by atoms with Crippen molar-refractivity contribution in [2.75, 3.05) is 33.2 Å². The van der Waals surface area contributed by atoms with Crippen molar-refractivity contribution in [2.24, 2.45) is 0 Å². The zero-order valence-electron chi connectivity index (χ0n) is 15.2. The van der Waals surface area contributed by atoms with Crippen LogP contribution >= 0.6 is 11.6 Å². The molecule has 0 spiro atoms. The first-order valence-electron chi connectivity index (χ1n) is 8.56. The Morgan fingerprint density at radius 1 is 1.30 bits per heavy atom. The van der Waals surface area contributed by atoms with E-state index in [4.69, 9.17) is 16.1 Å². The van der Waals surface area contributed by atoms with Crippen LogP contribution in [-0.2, 0) is 23.3 Å². The molecular weight excluding hydrogens is 395 g/mol. The SMILES string of the molecule is Cc1cc(CN2CCN(S(=O)(=O)N(C)Cc3c(F)cccc3Cl)CC2)on1. The summed E-state index contributed by atoms with van der Waals surface area (Å²) in [5, 5.41) is 4.07. The molecule has 0 N–H and O–H groups in total. The Morgan fingerprint density at radius 2 is 2.00 bits per heavy atom. The highest BCUT2D eigenvalue weighted by atomic mass is 35.5. The molecule has 1 saturated heterocycles. The maximum Gasteiger partial charge on any atom is 0.282 e. The van der Waals surface area contributed by atoms with Gasteiger partial charge in [0.15, 0.2) is 5.76 Å². The van der Waals surface area contributed by atoms with Crippen LogP contribution in [0, 0.1) is 12.7 Å². The van der Waals surface area contributed by atoms with Gasteiger partial charge < -0.3 is 4.52 Å². The van der Waals surface area contributed by atoms with Crippen LogP contribution in [0.1, 0.15) is 17.0 Å². The highest BCUT2D eigenvalue weighted by molar-refractivity contribution is 7.86. The molecule has 1 aliphatic rings. The molecule has 148 valence electrons. The third kappa shape index (κ3) is 4.67. The highest BCUT2D eigenvalue weighted by Gasteiger charge is 2.31. The van der Waals surface area contributed by atoms with Gasteiger partial charge in [-0.25, -0.2) is 4.39 Å². The van der Waals surface area contributed by atoms with Gasteiger partial charge in [0, 0.05) is 56.4 Å². The molecule has 7 nitrogen and oxygen atoms in total. The van der Waals surface area contributed by atoms with Crippen LogP contribution in [0.25, 0.3) is 0 Å². The highest BCUT2D eigenvalue weighted by Crippen LogP contribution is 2.22. The molecule has 3 rings (SSSR count). The van der Waals surface area contributed by atoms with E-state index in [1.807, 2.05) is 13.0 Å². The van der Waals surface area contributed by atoms with Gasteiger partial charge in [0.25, 0.3) is 10.2 Å². The second-order valence-corrected chi connectivity index (χ2v) is 9.02. The molecule has 1 aromatic heterocycles. The average Bonchev–Trinajstić information content (AvgIpc) is 3.03. The topological polar surface area (TPSA) is 69.9 Å². The van der Waals surface area contributed by atoms with Gasteiger partial charge in [0.05, 0.1) is 12.2 Å². The van der Waals surface area contributed by atoms with Gasteiger partial charge in [-0.1, -0.05) is 22.8 Å². The molecule has 10 heteroatoms. The minimum Gasteiger partial charge on any atom is -0.360 e. The summed E-state index contributed by atoms with van der Waals surface area (Å²) in [6, 6.07) is 6.18. The maximum absolute atomic E-state index is 14.0. The normalized spacial score (nSPS) is 16.9. The first-order chi connectivity index (χ1) is 12.8. The van der Waals surface area contributed by atoms with Crippen LogP contribution in [0.3, 0.4) is 0 Å². The number of piperazine rings is 1. The van der Waals surface area contributed by atoms with E-state index in [1.165, 1.54) is 23.5 Å². The number of nitrogens with zero attached hydrogens (tertiary/aromatic N) is 4. The molecule has 1 aromatic carbocycles. The van der Waals surface area contributed by atoms with Crippen molar-refractivity contribution in [3.05, 3.63) is 52.1 Å². The van der Waals surface area contributed by atoms with Crippen LogP contribution in [0.15, 0.2) is 28.8 Å². The Kier molecular flexibility index (Phi) is 6.17. The Morgan fingerprint density at radius 3 is 2.59 bits per heavy atom. The van der Waals surface area contributed by atoms with E-state index in [9.17, 15) is 12.8 Å². The third-order valence-electron chi connectivity index (χ3n) is 4.55. The van der Waals surface area contributed by atoms with Crippen molar-refractivity contribution >= 4 is 21.8 Å². The van der Waals surface area contributed by atoms with Crippen molar-refractivity contribution in [3.63, 3.8) is 0 Å². The fourth-order valence-corrected chi connectivity index (χ4v) is 4.55. The molecule has 0 bridgehead atoms. The molecule has 0 amide bonds. The summed E-state index contributed by atoms with van der Waals surface area (Å²) in [6.45, 7) is 4.19. The van der Waals surface area contributed by atoms with Crippen molar-refractivity contribution < 1.29 is 17.3 Å². The summed E-state index contributed by atoms with van der Waals surface area (Å²) in [5.41, 5.74) is 0.990. The molecule has 0 unspecified atom stereocenters. The van der Waals surface area contributed by atoms with Crippen molar-refractivity contribution in [1.29, 1.82) is 0 Å². The quantitative estimate of drug-likeness (QED) is 0.722. The monoisotopic (exact) mass is 416 g/mol. The number of aryl methyl sites for hydroxylation is 1. The number of rotatable bonds is 6. The summed E-state index contributed by atoms with van der Waals surface area (Å²) < 4.78 is 47.3. The van der Waals surface area contributed by atoms with E-state index < -0.39 is 16.0 Å². The van der Waals surface area contributed by atoms with E-state index >= 15 is 0 Å². The number of hydrogen-bond donors (Lipinski definition) is 0. The van der Waals surface area contributed by atoms with Crippen LogP contribution in [0.4, 0.5) is 4.39 Å². The molecule has 2 aromatic rings. The first kappa shape index (κ1) is 20.2. The third-order valence-corrected chi connectivity index (χ3v) is 6.84. The number of aromatic nitrogens is 1. The zero-order valence-corrected chi connectivity index (χ0v) is 16.8. The summed E-state index contributed by atoms with van der Waals surface area (Å²) in [5.74, 6) is 0.242. The second-order valence-electron chi connectivity index (χ2n) is 6.57. The molecule has 0 atom stereocenters. The lowest BCUT2D eigenvalue weighted by Crippen LogP contribution is -2.51. The van der Waals surface area contributed by atoms with Gasteiger partial charge >= 0.3 is 0 Å². The Hall–Kier alpha value is -1.52. The predicted molar refractivity (Wildman–Crippen MR) is 99.9 cm³/mol. The van der Waals surface area contributed by atoms with Gasteiger partial charge in [-0.15, -0.1) is 0 Å². The number of halogens is 2. The van der Waals surface area contributed by atoms with Crippen molar-refractivity contribution in [3.8, 4) is 0 Å². The molecule has 0 aliphatic carbocycles. The lowest BCUT2D eigenvalue weighted by molar-refractivity contribution is 0.161. The van der Waals surface area contributed by atoms with Gasteiger partial charge in [-0.2, -0.15) is 17.0 Å². The smallest absolute Gasteiger partial charge is 0.282 e. The fourth-order valence-electron chi connectivity index (χ4n) is 3.01. The van der Waals surface area contributed by atoms with E-state index in [-0.39, 0.29) is 17.1 Å². The Balaban J connectivity index is 1.60. The number of hydrogen-bond acceptors (Lipinski definition) is 5. The average molecular weight is 417 g/mol. The summed E-state index contributed by atoms with van der Waals surface area (Å²) in [6.07, 6.45) is 0. The first-order valence-corrected chi connectivity index (χ1v) is 10.3. The lowest BCUT2D eigenvalue weighted by Gasteiger charge is -2.35.